The predicted molar refractivity (Wildman–Crippen MR) is 73.3 cm³/mol. The molecule has 0 amide bonds. The minimum Gasteiger partial charge on any atom is -0.235 e. The van der Waals surface area contributed by atoms with Crippen LogP contribution in [0.15, 0.2) is 22.7 Å². The first-order valence-electron chi connectivity index (χ1n) is 5.26. The van der Waals surface area contributed by atoms with E-state index in [1.807, 2.05) is 6.07 Å². The highest BCUT2D eigenvalue weighted by molar-refractivity contribution is 9.10. The summed E-state index contributed by atoms with van der Waals surface area (Å²) in [5, 5.41) is 1.77. The van der Waals surface area contributed by atoms with Gasteiger partial charge in [-0.05, 0) is 52.0 Å². The van der Waals surface area contributed by atoms with Crippen LogP contribution in [0.1, 0.15) is 30.9 Å². The van der Waals surface area contributed by atoms with Gasteiger partial charge in [0, 0.05) is 9.86 Å². The molecule has 0 aliphatic rings. The van der Waals surface area contributed by atoms with Crippen molar-refractivity contribution in [1.82, 2.24) is 4.98 Å². The Bertz CT molecular complexity index is 549. The predicted octanol–water partition coefficient (Wildman–Crippen LogP) is 5.08. The Morgan fingerprint density at radius 3 is 2.62 bits per heavy atom. The number of hydrogen-bond acceptors (Lipinski definition) is 1. The van der Waals surface area contributed by atoms with E-state index >= 15 is 0 Å². The van der Waals surface area contributed by atoms with E-state index in [1.165, 1.54) is 10.9 Å². The van der Waals surface area contributed by atoms with Crippen LogP contribution >= 0.6 is 27.5 Å². The fourth-order valence-corrected chi connectivity index (χ4v) is 2.55. The number of aryl methyl sites for hydroxylation is 1. The molecule has 0 spiro atoms. The molecule has 0 saturated heterocycles. The Balaban J connectivity index is 2.84. The highest BCUT2D eigenvalue weighted by Gasteiger charge is 2.11. The SMILES string of the molecule is Cc1ccc(Br)c2nc(Cl)c(C(C)C)cc12. The zero-order chi connectivity index (χ0) is 11.9. The van der Waals surface area contributed by atoms with Gasteiger partial charge in [-0.2, -0.15) is 0 Å². The zero-order valence-corrected chi connectivity index (χ0v) is 11.9. The highest BCUT2D eigenvalue weighted by Crippen LogP contribution is 2.31. The second-order valence-electron chi connectivity index (χ2n) is 4.28. The molecular weight excluding hydrogens is 286 g/mol. The Morgan fingerprint density at radius 2 is 2.00 bits per heavy atom. The van der Waals surface area contributed by atoms with Gasteiger partial charge in [0.05, 0.1) is 5.52 Å². The van der Waals surface area contributed by atoms with Gasteiger partial charge in [0.15, 0.2) is 0 Å². The van der Waals surface area contributed by atoms with E-state index in [4.69, 9.17) is 11.6 Å². The second kappa shape index (κ2) is 4.34. The molecule has 16 heavy (non-hydrogen) atoms. The zero-order valence-electron chi connectivity index (χ0n) is 9.51. The van der Waals surface area contributed by atoms with Gasteiger partial charge in [-0.15, -0.1) is 0 Å². The summed E-state index contributed by atoms with van der Waals surface area (Å²) in [6, 6.07) is 6.25. The first kappa shape index (κ1) is 11.9. The maximum absolute atomic E-state index is 6.19. The van der Waals surface area contributed by atoms with Gasteiger partial charge >= 0.3 is 0 Å². The number of rotatable bonds is 1. The molecule has 84 valence electrons. The molecule has 2 aromatic rings. The molecule has 0 aliphatic carbocycles. The summed E-state index contributed by atoms with van der Waals surface area (Å²) in [5.74, 6) is 0.391. The van der Waals surface area contributed by atoms with E-state index in [1.54, 1.807) is 0 Å². The molecule has 0 fully saturated rings. The molecule has 2 rings (SSSR count). The Labute approximate surface area is 109 Å². The lowest BCUT2D eigenvalue weighted by Gasteiger charge is -2.11. The third-order valence-electron chi connectivity index (χ3n) is 2.76. The number of hydrogen-bond donors (Lipinski definition) is 0. The van der Waals surface area contributed by atoms with E-state index in [0.29, 0.717) is 11.1 Å². The van der Waals surface area contributed by atoms with Gasteiger partial charge in [0.25, 0.3) is 0 Å². The van der Waals surface area contributed by atoms with Crippen molar-refractivity contribution < 1.29 is 0 Å². The molecule has 0 unspecified atom stereocenters. The normalized spacial score (nSPS) is 11.4. The summed E-state index contributed by atoms with van der Waals surface area (Å²) < 4.78 is 0.991. The number of pyridine rings is 1. The molecule has 1 nitrogen and oxygen atoms in total. The van der Waals surface area contributed by atoms with Crippen LogP contribution in [0.4, 0.5) is 0 Å². The number of nitrogens with zero attached hydrogens (tertiary/aromatic N) is 1. The van der Waals surface area contributed by atoms with Gasteiger partial charge < -0.3 is 0 Å². The van der Waals surface area contributed by atoms with E-state index in [-0.39, 0.29) is 0 Å². The van der Waals surface area contributed by atoms with Crippen molar-refractivity contribution in [2.24, 2.45) is 0 Å². The van der Waals surface area contributed by atoms with E-state index < -0.39 is 0 Å². The molecular formula is C13H13BrClN. The number of halogens is 2. The molecule has 0 bridgehead atoms. The third kappa shape index (κ3) is 1.96. The molecule has 0 aliphatic heterocycles. The molecule has 0 saturated carbocycles. The van der Waals surface area contributed by atoms with Crippen molar-refractivity contribution >= 4 is 38.4 Å². The summed E-state index contributed by atoms with van der Waals surface area (Å²) in [6.45, 7) is 6.35. The van der Waals surface area contributed by atoms with Gasteiger partial charge in [-0.1, -0.05) is 31.5 Å². The van der Waals surface area contributed by atoms with Crippen molar-refractivity contribution in [1.29, 1.82) is 0 Å². The maximum Gasteiger partial charge on any atom is 0.133 e. The average molecular weight is 299 g/mol. The average Bonchev–Trinajstić information content (AvgIpc) is 2.23. The van der Waals surface area contributed by atoms with Crippen molar-refractivity contribution in [3.63, 3.8) is 0 Å². The molecule has 1 heterocycles. The van der Waals surface area contributed by atoms with Crippen molar-refractivity contribution in [2.75, 3.05) is 0 Å². The largest absolute Gasteiger partial charge is 0.235 e. The first-order chi connectivity index (χ1) is 7.50. The molecule has 0 N–H and O–H groups in total. The second-order valence-corrected chi connectivity index (χ2v) is 5.50. The summed E-state index contributed by atoms with van der Waals surface area (Å²) in [6.07, 6.45) is 0. The maximum atomic E-state index is 6.19. The lowest BCUT2D eigenvalue weighted by molar-refractivity contribution is 0.862. The van der Waals surface area contributed by atoms with Crippen LogP contribution in [-0.4, -0.2) is 4.98 Å². The monoisotopic (exact) mass is 297 g/mol. The van der Waals surface area contributed by atoms with E-state index in [2.05, 4.69) is 53.8 Å². The lowest BCUT2D eigenvalue weighted by atomic mass is 10.0. The summed E-state index contributed by atoms with van der Waals surface area (Å²) in [7, 11) is 0. The summed E-state index contributed by atoms with van der Waals surface area (Å²) >= 11 is 9.70. The third-order valence-corrected chi connectivity index (χ3v) is 3.70. The molecule has 0 atom stereocenters. The lowest BCUT2D eigenvalue weighted by Crippen LogP contribution is -1.94. The van der Waals surface area contributed by atoms with Crippen LogP contribution in [0.25, 0.3) is 10.9 Å². The van der Waals surface area contributed by atoms with Crippen molar-refractivity contribution in [2.45, 2.75) is 26.7 Å². The number of benzene rings is 1. The van der Waals surface area contributed by atoms with Crippen LogP contribution in [0.2, 0.25) is 5.15 Å². The molecule has 1 aromatic heterocycles. The molecule has 1 aromatic carbocycles. The van der Waals surface area contributed by atoms with Crippen molar-refractivity contribution in [3.8, 4) is 0 Å². The van der Waals surface area contributed by atoms with Gasteiger partial charge in [0.1, 0.15) is 5.15 Å². The Morgan fingerprint density at radius 1 is 1.31 bits per heavy atom. The standard InChI is InChI=1S/C13H13BrClN/c1-7(2)9-6-10-8(3)4-5-11(14)12(10)16-13(9)15/h4-7H,1-3H3. The smallest absolute Gasteiger partial charge is 0.133 e. The van der Waals surface area contributed by atoms with Crippen LogP contribution in [0, 0.1) is 6.92 Å². The number of aromatic nitrogens is 1. The van der Waals surface area contributed by atoms with Crippen LogP contribution in [0.5, 0.6) is 0 Å². The van der Waals surface area contributed by atoms with E-state index in [0.717, 1.165) is 15.6 Å². The van der Waals surface area contributed by atoms with Crippen LogP contribution < -0.4 is 0 Å². The van der Waals surface area contributed by atoms with E-state index in [9.17, 15) is 0 Å². The van der Waals surface area contributed by atoms with Crippen molar-refractivity contribution in [3.05, 3.63) is 39.0 Å². The highest BCUT2D eigenvalue weighted by atomic mass is 79.9. The Kier molecular flexibility index (Phi) is 3.22. The van der Waals surface area contributed by atoms with Gasteiger partial charge in [-0.3, -0.25) is 0 Å². The minimum absolute atomic E-state index is 0.391. The van der Waals surface area contributed by atoms with Crippen LogP contribution in [0.3, 0.4) is 0 Å². The van der Waals surface area contributed by atoms with Gasteiger partial charge in [0.2, 0.25) is 0 Å². The first-order valence-corrected chi connectivity index (χ1v) is 6.43. The fourth-order valence-electron chi connectivity index (χ4n) is 1.76. The molecule has 3 heteroatoms. The summed E-state index contributed by atoms with van der Waals surface area (Å²) in [5.41, 5.74) is 3.27. The summed E-state index contributed by atoms with van der Waals surface area (Å²) in [4.78, 5) is 4.48. The van der Waals surface area contributed by atoms with Gasteiger partial charge in [-0.25, -0.2) is 4.98 Å². The topological polar surface area (TPSA) is 12.9 Å². The molecule has 0 radical (unpaired) electrons. The van der Waals surface area contributed by atoms with Crippen LogP contribution in [-0.2, 0) is 0 Å². The fraction of sp³-hybridized carbons (Fsp3) is 0.308. The Hall–Kier alpha value is -0.600. The quantitative estimate of drug-likeness (QED) is 0.669. The minimum atomic E-state index is 0.391. The number of fused-ring (bicyclic) bond motifs is 1.